The van der Waals surface area contributed by atoms with Crippen molar-refractivity contribution >= 4 is 6.03 Å². The van der Waals surface area contributed by atoms with Crippen LogP contribution in [-0.4, -0.2) is 19.6 Å². The Morgan fingerprint density at radius 2 is 1.85 bits per heavy atom. The van der Waals surface area contributed by atoms with Crippen LogP contribution in [-0.2, 0) is 0 Å². The van der Waals surface area contributed by atoms with Gasteiger partial charge in [-0.25, -0.2) is 4.79 Å². The monoisotopic (exact) mass is 182 g/mol. The number of amides is 2. The fraction of sp³-hybridized carbons (Fsp3) is 0.900. The standard InChI is InChI=1S/C10H18N2O/c1-11-10(13)12-6-9(7-2-3-7)8-4-5-8/h7-9H,2-6H2,1H3,(H2,11,12,13). The predicted octanol–water partition coefficient (Wildman–Crippen LogP) is 1.35. The molecule has 0 bridgehead atoms. The number of carbonyl (C=O) groups is 1. The number of hydrogen-bond acceptors (Lipinski definition) is 1. The maximum atomic E-state index is 11.0. The van der Waals surface area contributed by atoms with Gasteiger partial charge in [-0.15, -0.1) is 0 Å². The second-order valence-electron chi connectivity index (χ2n) is 4.30. The molecule has 0 aliphatic heterocycles. The maximum absolute atomic E-state index is 11.0. The Kier molecular flexibility index (Phi) is 2.42. The highest BCUT2D eigenvalue weighted by Gasteiger charge is 2.41. The van der Waals surface area contributed by atoms with Crippen molar-refractivity contribution in [3.63, 3.8) is 0 Å². The molecular formula is C10H18N2O. The van der Waals surface area contributed by atoms with Crippen molar-refractivity contribution < 1.29 is 4.79 Å². The first-order valence-electron chi connectivity index (χ1n) is 5.27. The molecule has 2 amide bonds. The molecule has 3 nitrogen and oxygen atoms in total. The van der Waals surface area contributed by atoms with E-state index in [9.17, 15) is 4.79 Å². The first-order valence-corrected chi connectivity index (χ1v) is 5.27. The van der Waals surface area contributed by atoms with Gasteiger partial charge in [-0.1, -0.05) is 0 Å². The van der Waals surface area contributed by atoms with Crippen LogP contribution in [0.25, 0.3) is 0 Å². The summed E-state index contributed by atoms with van der Waals surface area (Å²) >= 11 is 0. The number of urea groups is 1. The molecule has 2 aliphatic carbocycles. The molecule has 2 fully saturated rings. The average Bonchev–Trinajstić information content (AvgIpc) is 2.98. The molecule has 0 atom stereocenters. The van der Waals surface area contributed by atoms with E-state index in [1.807, 2.05) is 0 Å². The predicted molar refractivity (Wildman–Crippen MR) is 51.4 cm³/mol. The van der Waals surface area contributed by atoms with Crippen LogP contribution < -0.4 is 10.6 Å². The van der Waals surface area contributed by atoms with E-state index in [1.165, 1.54) is 25.7 Å². The van der Waals surface area contributed by atoms with Crippen LogP contribution >= 0.6 is 0 Å². The van der Waals surface area contributed by atoms with Crippen LogP contribution in [0.2, 0.25) is 0 Å². The van der Waals surface area contributed by atoms with Gasteiger partial charge in [0.2, 0.25) is 0 Å². The molecule has 0 spiro atoms. The topological polar surface area (TPSA) is 41.1 Å². The van der Waals surface area contributed by atoms with Gasteiger partial charge in [-0.05, 0) is 43.4 Å². The van der Waals surface area contributed by atoms with E-state index in [2.05, 4.69) is 10.6 Å². The SMILES string of the molecule is CNC(=O)NCC(C1CC1)C1CC1. The van der Waals surface area contributed by atoms with Crippen molar-refractivity contribution in [2.24, 2.45) is 17.8 Å². The molecule has 0 radical (unpaired) electrons. The zero-order valence-electron chi connectivity index (χ0n) is 8.18. The first kappa shape index (κ1) is 8.85. The van der Waals surface area contributed by atoms with Crippen LogP contribution in [0.15, 0.2) is 0 Å². The quantitative estimate of drug-likeness (QED) is 0.677. The van der Waals surface area contributed by atoms with Gasteiger partial charge < -0.3 is 10.6 Å². The van der Waals surface area contributed by atoms with E-state index in [4.69, 9.17) is 0 Å². The fourth-order valence-corrected chi connectivity index (χ4v) is 2.07. The summed E-state index contributed by atoms with van der Waals surface area (Å²) in [6.45, 7) is 0.884. The van der Waals surface area contributed by atoms with E-state index >= 15 is 0 Å². The highest BCUT2D eigenvalue weighted by molar-refractivity contribution is 5.73. The van der Waals surface area contributed by atoms with Gasteiger partial charge in [0, 0.05) is 13.6 Å². The van der Waals surface area contributed by atoms with Crippen LogP contribution in [0, 0.1) is 17.8 Å². The normalized spacial score (nSPS) is 21.7. The van der Waals surface area contributed by atoms with Crippen molar-refractivity contribution in [3.05, 3.63) is 0 Å². The third-order valence-electron chi connectivity index (χ3n) is 3.18. The molecule has 0 unspecified atom stereocenters. The van der Waals surface area contributed by atoms with Crippen LogP contribution in [0.4, 0.5) is 4.79 Å². The molecule has 0 aromatic heterocycles. The van der Waals surface area contributed by atoms with Gasteiger partial charge in [0.05, 0.1) is 0 Å². The molecule has 0 saturated heterocycles. The average molecular weight is 182 g/mol. The summed E-state index contributed by atoms with van der Waals surface area (Å²) < 4.78 is 0. The Bertz CT molecular complexity index is 185. The van der Waals surface area contributed by atoms with Crippen molar-refractivity contribution in [2.75, 3.05) is 13.6 Å². The van der Waals surface area contributed by atoms with Gasteiger partial charge in [-0.3, -0.25) is 0 Å². The lowest BCUT2D eigenvalue weighted by Crippen LogP contribution is -2.37. The summed E-state index contributed by atoms with van der Waals surface area (Å²) in [5.41, 5.74) is 0. The lowest BCUT2D eigenvalue weighted by atomic mass is 9.98. The van der Waals surface area contributed by atoms with E-state index in [-0.39, 0.29) is 6.03 Å². The van der Waals surface area contributed by atoms with Gasteiger partial charge >= 0.3 is 6.03 Å². The summed E-state index contributed by atoms with van der Waals surface area (Å²) in [4.78, 5) is 11.0. The summed E-state index contributed by atoms with van der Waals surface area (Å²) in [5.74, 6) is 2.62. The minimum atomic E-state index is -0.0358. The van der Waals surface area contributed by atoms with Crippen molar-refractivity contribution in [1.29, 1.82) is 0 Å². The maximum Gasteiger partial charge on any atom is 0.314 e. The lowest BCUT2D eigenvalue weighted by molar-refractivity contribution is 0.239. The minimum Gasteiger partial charge on any atom is -0.341 e. The van der Waals surface area contributed by atoms with Crippen LogP contribution in [0.1, 0.15) is 25.7 Å². The van der Waals surface area contributed by atoms with E-state index in [0.717, 1.165) is 24.3 Å². The highest BCUT2D eigenvalue weighted by atomic mass is 16.2. The Morgan fingerprint density at radius 3 is 2.23 bits per heavy atom. The highest BCUT2D eigenvalue weighted by Crippen LogP contribution is 2.48. The molecule has 0 aromatic rings. The Morgan fingerprint density at radius 1 is 1.31 bits per heavy atom. The fourth-order valence-electron chi connectivity index (χ4n) is 2.07. The molecule has 3 heteroatoms. The summed E-state index contributed by atoms with van der Waals surface area (Å²) in [6, 6.07) is -0.0358. The Labute approximate surface area is 79.3 Å². The van der Waals surface area contributed by atoms with Gasteiger partial charge in [0.1, 0.15) is 0 Å². The van der Waals surface area contributed by atoms with E-state index in [0.29, 0.717) is 0 Å². The lowest BCUT2D eigenvalue weighted by Gasteiger charge is -2.15. The van der Waals surface area contributed by atoms with E-state index < -0.39 is 0 Å². The van der Waals surface area contributed by atoms with Crippen LogP contribution in [0.5, 0.6) is 0 Å². The largest absolute Gasteiger partial charge is 0.341 e. The number of rotatable bonds is 4. The molecular weight excluding hydrogens is 164 g/mol. The third-order valence-corrected chi connectivity index (χ3v) is 3.18. The number of carbonyl (C=O) groups excluding carboxylic acids is 1. The molecule has 2 rings (SSSR count). The Balaban J connectivity index is 1.73. The number of hydrogen-bond donors (Lipinski definition) is 2. The molecule has 13 heavy (non-hydrogen) atoms. The Hall–Kier alpha value is -0.730. The second kappa shape index (κ2) is 3.56. The van der Waals surface area contributed by atoms with E-state index in [1.54, 1.807) is 7.05 Å². The van der Waals surface area contributed by atoms with Crippen molar-refractivity contribution in [2.45, 2.75) is 25.7 Å². The van der Waals surface area contributed by atoms with Crippen molar-refractivity contribution in [1.82, 2.24) is 10.6 Å². The molecule has 2 saturated carbocycles. The van der Waals surface area contributed by atoms with Gasteiger partial charge in [0.15, 0.2) is 0 Å². The molecule has 2 aliphatic rings. The minimum absolute atomic E-state index is 0.0358. The summed E-state index contributed by atoms with van der Waals surface area (Å²) in [5, 5.41) is 5.51. The zero-order chi connectivity index (χ0) is 9.26. The van der Waals surface area contributed by atoms with Gasteiger partial charge in [0.25, 0.3) is 0 Å². The van der Waals surface area contributed by atoms with Gasteiger partial charge in [-0.2, -0.15) is 0 Å². The van der Waals surface area contributed by atoms with Crippen LogP contribution in [0.3, 0.4) is 0 Å². The first-order chi connectivity index (χ1) is 6.31. The van der Waals surface area contributed by atoms with Crippen molar-refractivity contribution in [3.8, 4) is 0 Å². The number of nitrogens with one attached hydrogen (secondary N) is 2. The second-order valence-corrected chi connectivity index (χ2v) is 4.30. The molecule has 0 aromatic carbocycles. The summed E-state index contributed by atoms with van der Waals surface area (Å²) in [7, 11) is 1.67. The molecule has 74 valence electrons. The third kappa shape index (κ3) is 2.36. The zero-order valence-corrected chi connectivity index (χ0v) is 8.18. The molecule has 2 N–H and O–H groups in total. The summed E-state index contributed by atoms with van der Waals surface area (Å²) in [6.07, 6.45) is 5.54. The molecule has 0 heterocycles. The smallest absolute Gasteiger partial charge is 0.314 e.